The van der Waals surface area contributed by atoms with Gasteiger partial charge in [0.2, 0.25) is 0 Å². The van der Waals surface area contributed by atoms with Crippen molar-refractivity contribution < 1.29 is 4.57 Å². The molecule has 0 spiro atoms. The van der Waals surface area contributed by atoms with Crippen LogP contribution in [-0.4, -0.2) is 0 Å². The summed E-state index contributed by atoms with van der Waals surface area (Å²) in [5, 5.41) is 9.87. The molecule has 0 aliphatic carbocycles. The van der Waals surface area contributed by atoms with Crippen molar-refractivity contribution in [2.24, 2.45) is 20.0 Å². The van der Waals surface area contributed by atoms with E-state index in [1.165, 1.54) is 0 Å². The maximum absolute atomic E-state index is 15.4. The molecule has 50 heavy (non-hydrogen) atoms. The molecular weight excluding hydrogens is 631 g/mol. The van der Waals surface area contributed by atoms with Gasteiger partial charge in [-0.15, -0.1) is 0 Å². The SMILES string of the molecule is Cc1ccc2c(c1-c1ccccc1[PH](=O)c1c(C)ccc3c1-c1c4c(ccc1=N3)=c1ccccc1=N4)-c1c3c(ccc1=N2)=c1ccccc1=N3. The molecule has 7 aromatic carbocycles. The predicted molar refractivity (Wildman–Crippen MR) is 198 cm³/mol. The Balaban J connectivity index is 1.15. The van der Waals surface area contributed by atoms with E-state index in [9.17, 15) is 0 Å². The molecule has 1 unspecified atom stereocenters. The number of nitrogens with zero attached hydrogens (tertiary/aromatic N) is 4. The van der Waals surface area contributed by atoms with Gasteiger partial charge in [-0.1, -0.05) is 72.8 Å². The van der Waals surface area contributed by atoms with Gasteiger partial charge in [-0.2, -0.15) is 0 Å². The van der Waals surface area contributed by atoms with E-state index in [1.54, 1.807) is 0 Å². The van der Waals surface area contributed by atoms with Gasteiger partial charge < -0.3 is 4.57 Å². The van der Waals surface area contributed by atoms with Crippen molar-refractivity contribution in [1.82, 2.24) is 0 Å². The van der Waals surface area contributed by atoms with E-state index >= 15 is 4.57 Å². The smallest absolute Gasteiger partial charge is 0.133 e. The summed E-state index contributed by atoms with van der Waals surface area (Å²) < 4.78 is 15.4. The van der Waals surface area contributed by atoms with Gasteiger partial charge >= 0.3 is 0 Å². The fourth-order valence-electron chi connectivity index (χ4n) is 8.36. The lowest BCUT2D eigenvalue weighted by Crippen LogP contribution is -2.16. The quantitative estimate of drug-likeness (QED) is 0.182. The van der Waals surface area contributed by atoms with E-state index in [2.05, 4.69) is 105 Å². The van der Waals surface area contributed by atoms with Gasteiger partial charge in [0.15, 0.2) is 0 Å². The fourth-order valence-corrected chi connectivity index (χ4v) is 10.3. The standard InChI is InChI=1S/C44H27N4OP/c1-23-15-19-32-38(39-33(45-32)21-17-27-25-9-3-6-12-30(25)47-42(27)39)37(23)29-11-5-8-14-36(29)50(49)44-24(2)16-20-35-41(44)40-34(46-35)22-18-28-26-10-4-7-13-31(26)48-43(28)40/h3-22,50H,1-2H3. The number of para-hydroxylation sites is 2. The molecular formula is C44H27N4OP. The summed E-state index contributed by atoms with van der Waals surface area (Å²) in [7, 11) is -2.57. The summed E-state index contributed by atoms with van der Waals surface area (Å²) in [6.45, 7) is 4.21. The number of aryl methyl sites for hydroxylation is 2. The zero-order chi connectivity index (χ0) is 33.2. The first-order valence-corrected chi connectivity index (χ1v) is 18.3. The van der Waals surface area contributed by atoms with E-state index in [0.717, 1.165) is 120 Å². The Bertz CT molecular complexity index is 3260. The van der Waals surface area contributed by atoms with Gasteiger partial charge in [-0.05, 0) is 84.6 Å². The van der Waals surface area contributed by atoms with Crippen molar-refractivity contribution in [2.45, 2.75) is 13.8 Å². The lowest BCUT2D eigenvalue weighted by Gasteiger charge is -2.19. The lowest BCUT2D eigenvalue weighted by atomic mass is 9.89. The van der Waals surface area contributed by atoms with Crippen LogP contribution >= 0.6 is 7.80 Å². The minimum absolute atomic E-state index is 0.827. The summed E-state index contributed by atoms with van der Waals surface area (Å²) in [4.78, 5) is 20.4. The van der Waals surface area contributed by atoms with E-state index in [1.807, 2.05) is 30.3 Å². The first-order valence-electron chi connectivity index (χ1n) is 16.9. The molecule has 0 fully saturated rings. The molecule has 0 saturated carbocycles. The van der Waals surface area contributed by atoms with Crippen molar-refractivity contribution in [3.8, 4) is 33.4 Å². The number of fused-ring (bicyclic) bond motifs is 12. The monoisotopic (exact) mass is 658 g/mol. The third kappa shape index (κ3) is 3.65. The zero-order valence-electron chi connectivity index (χ0n) is 27.2. The summed E-state index contributed by atoms with van der Waals surface area (Å²) >= 11 is 0. The molecule has 4 heterocycles. The Morgan fingerprint density at radius 2 is 0.960 bits per heavy atom. The molecule has 0 radical (unpaired) electrons. The first-order chi connectivity index (χ1) is 24.5. The molecule has 4 aliphatic rings. The maximum atomic E-state index is 15.4. The van der Waals surface area contributed by atoms with E-state index in [4.69, 9.17) is 20.0 Å². The van der Waals surface area contributed by atoms with Crippen molar-refractivity contribution in [1.29, 1.82) is 0 Å². The van der Waals surface area contributed by atoms with Gasteiger partial charge in [0.1, 0.15) is 7.80 Å². The van der Waals surface area contributed by atoms with Gasteiger partial charge in [0, 0.05) is 53.7 Å². The molecule has 0 saturated heterocycles. The Hall–Kier alpha value is -6.03. The average Bonchev–Trinajstić information content (AvgIpc) is 3.91. The van der Waals surface area contributed by atoms with Crippen LogP contribution in [0.15, 0.2) is 141 Å². The highest BCUT2D eigenvalue weighted by Gasteiger charge is 2.30. The molecule has 234 valence electrons. The Morgan fingerprint density at radius 1 is 0.420 bits per heavy atom. The lowest BCUT2D eigenvalue weighted by molar-refractivity contribution is 0.598. The highest BCUT2D eigenvalue weighted by Crippen LogP contribution is 2.48. The third-order valence-electron chi connectivity index (χ3n) is 10.6. The second kappa shape index (κ2) is 10.0. The van der Waals surface area contributed by atoms with Crippen LogP contribution in [0.1, 0.15) is 11.1 Å². The van der Waals surface area contributed by atoms with Crippen molar-refractivity contribution >= 4 is 41.2 Å². The van der Waals surface area contributed by atoms with Gasteiger partial charge in [0.05, 0.1) is 44.2 Å². The molecule has 7 aromatic rings. The van der Waals surface area contributed by atoms with Gasteiger partial charge in [-0.3, -0.25) is 0 Å². The molecule has 0 N–H and O–H groups in total. The van der Waals surface area contributed by atoms with Crippen LogP contribution in [0.4, 0.5) is 22.7 Å². The van der Waals surface area contributed by atoms with Crippen LogP contribution in [0.3, 0.4) is 0 Å². The summed E-state index contributed by atoms with van der Waals surface area (Å²) in [5.41, 5.74) is 11.8. The fraction of sp³-hybridized carbons (Fsp3) is 0.0455. The molecule has 6 heteroatoms. The van der Waals surface area contributed by atoms with Crippen molar-refractivity contribution in [3.05, 3.63) is 175 Å². The van der Waals surface area contributed by atoms with Crippen LogP contribution in [0.25, 0.3) is 33.4 Å². The highest BCUT2D eigenvalue weighted by molar-refractivity contribution is 7.62. The minimum atomic E-state index is -2.57. The van der Waals surface area contributed by atoms with E-state index in [0.29, 0.717) is 0 Å². The second-order valence-electron chi connectivity index (χ2n) is 13.4. The van der Waals surface area contributed by atoms with Crippen LogP contribution < -0.4 is 32.0 Å². The summed E-state index contributed by atoms with van der Waals surface area (Å²) in [5.74, 6) is 0. The van der Waals surface area contributed by atoms with Crippen LogP contribution in [0, 0.1) is 34.7 Å². The van der Waals surface area contributed by atoms with Gasteiger partial charge in [0.25, 0.3) is 0 Å². The first kappa shape index (κ1) is 27.9. The van der Waals surface area contributed by atoms with Crippen LogP contribution in [-0.2, 0) is 4.57 Å². The van der Waals surface area contributed by atoms with E-state index in [-0.39, 0.29) is 0 Å². The van der Waals surface area contributed by atoms with Gasteiger partial charge in [-0.25, -0.2) is 20.0 Å². The van der Waals surface area contributed by atoms with Crippen molar-refractivity contribution in [3.63, 3.8) is 0 Å². The summed E-state index contributed by atoms with van der Waals surface area (Å²) in [6, 6.07) is 41.5. The molecule has 0 amide bonds. The van der Waals surface area contributed by atoms with Crippen LogP contribution in [0.5, 0.6) is 0 Å². The number of benzene rings is 7. The molecule has 1 atom stereocenters. The molecule has 11 rings (SSSR count). The van der Waals surface area contributed by atoms with Crippen molar-refractivity contribution in [2.75, 3.05) is 0 Å². The molecule has 0 bridgehead atoms. The molecule has 5 nitrogen and oxygen atoms in total. The zero-order valence-corrected chi connectivity index (χ0v) is 28.2. The Labute approximate surface area is 286 Å². The normalized spacial score (nSPS) is 13.6. The maximum Gasteiger partial charge on any atom is 0.133 e. The Morgan fingerprint density at radius 3 is 1.62 bits per heavy atom. The third-order valence-corrected chi connectivity index (χ3v) is 12.6. The number of hydrogen-bond acceptors (Lipinski definition) is 5. The Kier molecular flexibility index (Phi) is 5.58. The predicted octanol–water partition coefficient (Wildman–Crippen LogP) is 7.45. The largest absolute Gasteiger partial charge is 0.317 e. The average molecular weight is 659 g/mol. The van der Waals surface area contributed by atoms with Crippen LogP contribution in [0.2, 0.25) is 0 Å². The highest BCUT2D eigenvalue weighted by atomic mass is 31.1. The second-order valence-corrected chi connectivity index (χ2v) is 15.1. The number of hydrogen-bond donors (Lipinski definition) is 0. The topological polar surface area (TPSA) is 66.5 Å². The minimum Gasteiger partial charge on any atom is -0.317 e. The summed E-state index contributed by atoms with van der Waals surface area (Å²) in [6.07, 6.45) is 0. The van der Waals surface area contributed by atoms with E-state index < -0.39 is 7.80 Å². The molecule has 0 aromatic heterocycles. The molecule has 4 aliphatic heterocycles. The number of rotatable bonds is 3.